The van der Waals surface area contributed by atoms with Crippen LogP contribution in [0.15, 0.2) is 12.2 Å². The molecule has 0 rings (SSSR count). The Labute approximate surface area is 120 Å². The Kier molecular flexibility index (Phi) is 7.09. The topological polar surface area (TPSA) is 94.8 Å². The molecular formula is C15H26O5. The van der Waals surface area contributed by atoms with Crippen molar-refractivity contribution in [2.75, 3.05) is 0 Å². The molecular weight excluding hydrogens is 260 g/mol. The van der Waals surface area contributed by atoms with Gasteiger partial charge in [-0.1, -0.05) is 39.8 Å². The van der Waals surface area contributed by atoms with Gasteiger partial charge in [-0.25, -0.2) is 0 Å². The van der Waals surface area contributed by atoms with Gasteiger partial charge in [0.2, 0.25) is 0 Å². The van der Waals surface area contributed by atoms with Gasteiger partial charge in [0, 0.05) is 11.8 Å². The number of carbonyl (C=O) groups is 2. The summed E-state index contributed by atoms with van der Waals surface area (Å²) in [5, 5.41) is 28.7. The number of carbonyl (C=O) groups excluding carboxylic acids is 1. The number of carboxylic acids is 1. The first kappa shape index (κ1) is 18.8. The lowest BCUT2D eigenvalue weighted by atomic mass is 9.73. The molecule has 3 N–H and O–H groups in total. The van der Waals surface area contributed by atoms with E-state index in [9.17, 15) is 19.8 Å². The molecule has 0 radical (unpaired) electrons. The van der Waals surface area contributed by atoms with Crippen molar-refractivity contribution in [3.8, 4) is 0 Å². The van der Waals surface area contributed by atoms with E-state index in [-0.39, 0.29) is 11.7 Å². The van der Waals surface area contributed by atoms with Gasteiger partial charge in [-0.15, -0.1) is 0 Å². The molecule has 0 amide bonds. The van der Waals surface area contributed by atoms with Crippen molar-refractivity contribution < 1.29 is 24.9 Å². The summed E-state index contributed by atoms with van der Waals surface area (Å²) in [6, 6.07) is 0. The quantitative estimate of drug-likeness (QED) is 0.589. The predicted octanol–water partition coefficient (Wildman–Crippen LogP) is 1.63. The van der Waals surface area contributed by atoms with Gasteiger partial charge in [0.1, 0.15) is 5.78 Å². The van der Waals surface area contributed by atoms with Crippen LogP contribution in [0.1, 0.15) is 41.0 Å². The van der Waals surface area contributed by atoms with E-state index < -0.39 is 35.9 Å². The van der Waals surface area contributed by atoms with Gasteiger partial charge < -0.3 is 15.3 Å². The van der Waals surface area contributed by atoms with Crippen molar-refractivity contribution in [3.05, 3.63) is 12.2 Å². The minimum absolute atomic E-state index is 0.189. The molecule has 0 aliphatic carbocycles. The monoisotopic (exact) mass is 286 g/mol. The van der Waals surface area contributed by atoms with Crippen LogP contribution >= 0.6 is 0 Å². The highest BCUT2D eigenvalue weighted by Gasteiger charge is 2.41. The molecule has 0 aliphatic rings. The highest BCUT2D eigenvalue weighted by molar-refractivity contribution is 5.87. The number of rotatable bonds is 8. The van der Waals surface area contributed by atoms with Crippen LogP contribution in [0.5, 0.6) is 0 Å². The summed E-state index contributed by atoms with van der Waals surface area (Å²) in [5.41, 5.74) is -1.21. The molecule has 0 aromatic rings. The van der Waals surface area contributed by atoms with E-state index in [0.29, 0.717) is 0 Å². The third kappa shape index (κ3) is 4.72. The molecule has 0 heterocycles. The minimum Gasteiger partial charge on any atom is -0.481 e. The molecule has 20 heavy (non-hydrogen) atoms. The summed E-state index contributed by atoms with van der Waals surface area (Å²) in [4.78, 5) is 23.0. The Morgan fingerprint density at radius 2 is 1.70 bits per heavy atom. The van der Waals surface area contributed by atoms with Crippen LogP contribution in [-0.4, -0.2) is 39.3 Å². The van der Waals surface area contributed by atoms with Crippen molar-refractivity contribution >= 4 is 11.8 Å². The first-order chi connectivity index (χ1) is 9.05. The Bertz CT molecular complexity index is 372. The fourth-order valence-corrected chi connectivity index (χ4v) is 2.20. The zero-order chi connectivity index (χ0) is 16.1. The van der Waals surface area contributed by atoms with E-state index in [4.69, 9.17) is 5.11 Å². The van der Waals surface area contributed by atoms with Gasteiger partial charge >= 0.3 is 5.97 Å². The second-order valence-electron chi connectivity index (χ2n) is 5.86. The maximum absolute atomic E-state index is 12.4. The predicted molar refractivity (Wildman–Crippen MR) is 76.2 cm³/mol. The summed E-state index contributed by atoms with van der Waals surface area (Å²) in [5.74, 6) is -2.37. The number of carboxylic acid groups (broad SMARTS) is 1. The van der Waals surface area contributed by atoms with Crippen molar-refractivity contribution in [1.29, 1.82) is 0 Å². The standard InChI is InChI=1S/C15H26O5/c1-6-7-9(2)13(19)10(3)14(20)15(4,5)11(16)8-12(17)18/h6-7,9-11,13,16,19H,8H2,1-5H3,(H,17,18)/b7-6+/t9?,10-,11+,13+/m1/s1. The first-order valence-corrected chi connectivity index (χ1v) is 6.80. The van der Waals surface area contributed by atoms with Crippen LogP contribution in [0.2, 0.25) is 0 Å². The summed E-state index contributed by atoms with van der Waals surface area (Å²) < 4.78 is 0. The van der Waals surface area contributed by atoms with E-state index >= 15 is 0 Å². The average Bonchev–Trinajstić information content (AvgIpc) is 2.35. The first-order valence-electron chi connectivity index (χ1n) is 6.80. The fraction of sp³-hybridized carbons (Fsp3) is 0.733. The number of aliphatic hydroxyl groups is 2. The van der Waals surface area contributed by atoms with Gasteiger partial charge in [0.05, 0.1) is 24.0 Å². The Morgan fingerprint density at radius 1 is 1.20 bits per heavy atom. The molecule has 0 aliphatic heterocycles. The SMILES string of the molecule is C/C=C/C(C)[C@H](O)[C@@H](C)C(=O)C(C)(C)[C@@H](O)CC(=O)O. The number of aliphatic carboxylic acids is 1. The van der Waals surface area contributed by atoms with Gasteiger partial charge in [0.15, 0.2) is 0 Å². The Hall–Kier alpha value is -1.20. The Balaban J connectivity index is 4.98. The summed E-state index contributed by atoms with van der Waals surface area (Å²) in [6.45, 7) is 8.24. The van der Waals surface area contributed by atoms with Gasteiger partial charge in [0.25, 0.3) is 0 Å². The van der Waals surface area contributed by atoms with Crippen LogP contribution in [0, 0.1) is 17.3 Å². The lowest BCUT2D eigenvalue weighted by molar-refractivity contribution is -0.147. The molecule has 0 aromatic heterocycles. The molecule has 0 bridgehead atoms. The second kappa shape index (κ2) is 7.55. The van der Waals surface area contributed by atoms with Crippen LogP contribution < -0.4 is 0 Å². The zero-order valence-corrected chi connectivity index (χ0v) is 12.8. The number of ketones is 1. The molecule has 4 atom stereocenters. The molecule has 0 spiro atoms. The molecule has 0 fully saturated rings. The minimum atomic E-state index is -1.28. The highest BCUT2D eigenvalue weighted by atomic mass is 16.4. The number of hydrogen-bond acceptors (Lipinski definition) is 4. The van der Waals surface area contributed by atoms with E-state index in [1.54, 1.807) is 26.0 Å². The molecule has 1 unspecified atom stereocenters. The van der Waals surface area contributed by atoms with Gasteiger partial charge in [-0.3, -0.25) is 9.59 Å². The van der Waals surface area contributed by atoms with E-state index in [1.165, 1.54) is 13.8 Å². The van der Waals surface area contributed by atoms with E-state index in [0.717, 1.165) is 0 Å². The van der Waals surface area contributed by atoms with Crippen molar-refractivity contribution in [1.82, 2.24) is 0 Å². The lowest BCUT2D eigenvalue weighted by Gasteiger charge is -2.33. The summed E-state index contributed by atoms with van der Waals surface area (Å²) >= 11 is 0. The maximum Gasteiger partial charge on any atom is 0.306 e. The van der Waals surface area contributed by atoms with Crippen molar-refractivity contribution in [3.63, 3.8) is 0 Å². The fourth-order valence-electron chi connectivity index (χ4n) is 2.20. The molecule has 5 heteroatoms. The average molecular weight is 286 g/mol. The van der Waals surface area contributed by atoms with Crippen LogP contribution in [0.3, 0.4) is 0 Å². The number of allylic oxidation sites excluding steroid dienone is 1. The van der Waals surface area contributed by atoms with E-state index in [2.05, 4.69) is 0 Å². The van der Waals surface area contributed by atoms with Crippen molar-refractivity contribution in [2.24, 2.45) is 17.3 Å². The van der Waals surface area contributed by atoms with Gasteiger partial charge in [-0.05, 0) is 6.92 Å². The molecule has 0 saturated heterocycles. The smallest absolute Gasteiger partial charge is 0.306 e. The van der Waals surface area contributed by atoms with Gasteiger partial charge in [-0.2, -0.15) is 0 Å². The van der Waals surface area contributed by atoms with Crippen LogP contribution in [-0.2, 0) is 9.59 Å². The largest absolute Gasteiger partial charge is 0.481 e. The van der Waals surface area contributed by atoms with Crippen LogP contribution in [0.4, 0.5) is 0 Å². The third-order valence-corrected chi connectivity index (χ3v) is 3.80. The Morgan fingerprint density at radius 3 is 2.10 bits per heavy atom. The molecule has 0 saturated carbocycles. The van der Waals surface area contributed by atoms with Crippen LogP contribution in [0.25, 0.3) is 0 Å². The number of Topliss-reactive ketones (excluding diaryl/α,β-unsaturated/α-hetero) is 1. The summed E-state index contributed by atoms with van der Waals surface area (Å²) in [7, 11) is 0. The van der Waals surface area contributed by atoms with E-state index in [1.807, 2.05) is 6.92 Å². The third-order valence-electron chi connectivity index (χ3n) is 3.80. The molecule has 116 valence electrons. The zero-order valence-electron chi connectivity index (χ0n) is 12.8. The number of hydrogen-bond donors (Lipinski definition) is 3. The maximum atomic E-state index is 12.4. The molecule has 5 nitrogen and oxygen atoms in total. The summed E-state index contributed by atoms with van der Waals surface area (Å²) in [6.07, 6.45) is 0.963. The number of aliphatic hydroxyl groups excluding tert-OH is 2. The highest BCUT2D eigenvalue weighted by Crippen LogP contribution is 2.30. The lowest BCUT2D eigenvalue weighted by Crippen LogP contribution is -2.45. The molecule has 0 aromatic carbocycles. The van der Waals surface area contributed by atoms with Crippen molar-refractivity contribution in [2.45, 2.75) is 53.2 Å². The normalized spacial score (nSPS) is 18.6. The second-order valence-corrected chi connectivity index (χ2v) is 5.86.